The number of aromatic nitrogens is 3. The van der Waals surface area contributed by atoms with E-state index in [-0.39, 0.29) is 11.3 Å². The second-order valence-corrected chi connectivity index (χ2v) is 7.49. The van der Waals surface area contributed by atoms with E-state index in [9.17, 15) is 8.42 Å². The van der Waals surface area contributed by atoms with Crippen molar-refractivity contribution in [3.8, 4) is 0 Å². The van der Waals surface area contributed by atoms with Crippen LogP contribution >= 0.6 is 0 Å². The Hall–Kier alpha value is -0.950. The van der Waals surface area contributed by atoms with Crippen molar-refractivity contribution < 1.29 is 8.42 Å². The van der Waals surface area contributed by atoms with Crippen molar-refractivity contribution >= 4 is 9.84 Å². The number of nitrogens with one attached hydrogen (secondary N) is 1. The Morgan fingerprint density at radius 2 is 2.32 bits per heavy atom. The fourth-order valence-electron chi connectivity index (χ4n) is 2.74. The van der Waals surface area contributed by atoms with E-state index in [2.05, 4.69) is 15.6 Å². The first kappa shape index (κ1) is 14.5. The van der Waals surface area contributed by atoms with Crippen molar-refractivity contribution in [2.75, 3.05) is 12.3 Å². The Morgan fingerprint density at radius 1 is 1.53 bits per heavy atom. The van der Waals surface area contributed by atoms with Gasteiger partial charge in [-0.3, -0.25) is 4.68 Å². The molecular weight excluding hydrogens is 264 g/mol. The highest BCUT2D eigenvalue weighted by molar-refractivity contribution is 7.92. The largest absolute Gasteiger partial charge is 0.313 e. The maximum atomic E-state index is 12.2. The van der Waals surface area contributed by atoms with Crippen molar-refractivity contribution in [3.63, 3.8) is 0 Å². The van der Waals surface area contributed by atoms with Gasteiger partial charge in [0.15, 0.2) is 9.84 Å². The number of rotatable bonds is 5. The van der Waals surface area contributed by atoms with E-state index < -0.39 is 9.84 Å². The van der Waals surface area contributed by atoms with Gasteiger partial charge >= 0.3 is 0 Å². The van der Waals surface area contributed by atoms with Gasteiger partial charge in [-0.15, -0.1) is 5.10 Å². The van der Waals surface area contributed by atoms with Gasteiger partial charge in [-0.1, -0.05) is 18.6 Å². The van der Waals surface area contributed by atoms with Crippen molar-refractivity contribution in [2.45, 2.75) is 43.9 Å². The molecule has 1 aliphatic rings. The van der Waals surface area contributed by atoms with Crippen LogP contribution in [0.5, 0.6) is 0 Å². The molecule has 1 N–H and O–H groups in total. The summed E-state index contributed by atoms with van der Waals surface area (Å²) < 4.78 is 26.1. The SMILES string of the molecule is CCNC(Cc1cn(C)nn1)C1CCCCS1(=O)=O. The predicted octanol–water partition coefficient (Wildman–Crippen LogP) is 0.303. The molecule has 0 aromatic carbocycles. The lowest BCUT2D eigenvalue weighted by molar-refractivity contribution is 0.438. The highest BCUT2D eigenvalue weighted by Gasteiger charge is 2.35. The summed E-state index contributed by atoms with van der Waals surface area (Å²) in [5, 5.41) is 11.0. The number of sulfone groups is 1. The maximum Gasteiger partial charge on any atom is 0.154 e. The van der Waals surface area contributed by atoms with Crippen molar-refractivity contribution in [1.29, 1.82) is 0 Å². The Bertz CT molecular complexity index is 512. The first-order chi connectivity index (χ1) is 9.03. The zero-order chi connectivity index (χ0) is 13.9. The van der Waals surface area contributed by atoms with E-state index in [0.29, 0.717) is 12.2 Å². The molecule has 1 aromatic rings. The average Bonchev–Trinajstić information content (AvgIpc) is 2.74. The quantitative estimate of drug-likeness (QED) is 0.842. The molecular formula is C12H22N4O2S. The summed E-state index contributed by atoms with van der Waals surface area (Å²) in [6, 6.07) is -0.0630. The van der Waals surface area contributed by atoms with Gasteiger partial charge in [0, 0.05) is 25.7 Å². The molecule has 2 heterocycles. The topological polar surface area (TPSA) is 76.9 Å². The first-order valence-electron chi connectivity index (χ1n) is 6.83. The summed E-state index contributed by atoms with van der Waals surface area (Å²) in [6.45, 7) is 2.76. The lowest BCUT2D eigenvalue weighted by Gasteiger charge is -2.30. The fraction of sp³-hybridized carbons (Fsp3) is 0.833. The number of likely N-dealkylation sites (N-methyl/N-ethyl adjacent to an activating group) is 1. The Labute approximate surface area is 114 Å². The van der Waals surface area contributed by atoms with Crippen molar-refractivity contribution in [1.82, 2.24) is 20.3 Å². The van der Waals surface area contributed by atoms with E-state index in [4.69, 9.17) is 0 Å². The Kier molecular flexibility index (Phi) is 4.57. The summed E-state index contributed by atoms with van der Waals surface area (Å²) in [5.74, 6) is 0.319. The van der Waals surface area contributed by atoms with Crippen molar-refractivity contribution in [2.24, 2.45) is 7.05 Å². The van der Waals surface area contributed by atoms with Crippen LogP contribution in [0.4, 0.5) is 0 Å². The third-order valence-corrected chi connectivity index (χ3v) is 5.97. The monoisotopic (exact) mass is 286 g/mol. The van der Waals surface area contributed by atoms with Crippen LogP contribution in [0.3, 0.4) is 0 Å². The second kappa shape index (κ2) is 6.00. The lowest BCUT2D eigenvalue weighted by atomic mass is 10.0. The molecule has 2 atom stereocenters. The molecule has 1 aliphatic heterocycles. The smallest absolute Gasteiger partial charge is 0.154 e. The van der Waals surface area contributed by atoms with E-state index in [1.165, 1.54) is 0 Å². The first-order valence-corrected chi connectivity index (χ1v) is 8.54. The van der Waals surface area contributed by atoms with Gasteiger partial charge in [0.1, 0.15) is 0 Å². The minimum atomic E-state index is -2.98. The predicted molar refractivity (Wildman–Crippen MR) is 73.6 cm³/mol. The van der Waals surface area contributed by atoms with Crippen LogP contribution in [0.15, 0.2) is 6.20 Å². The summed E-state index contributed by atoms with van der Waals surface area (Å²) in [6.07, 6.45) is 5.00. The molecule has 1 fully saturated rings. The van der Waals surface area contributed by atoms with Gasteiger partial charge in [-0.05, 0) is 19.4 Å². The van der Waals surface area contributed by atoms with Crippen molar-refractivity contribution in [3.05, 3.63) is 11.9 Å². The summed E-state index contributed by atoms with van der Waals surface area (Å²) >= 11 is 0. The normalized spacial score (nSPS) is 24.2. The number of hydrogen-bond donors (Lipinski definition) is 1. The fourth-order valence-corrected chi connectivity index (χ4v) is 4.87. The summed E-state index contributed by atoms with van der Waals surface area (Å²) in [4.78, 5) is 0. The molecule has 19 heavy (non-hydrogen) atoms. The third-order valence-electron chi connectivity index (χ3n) is 3.62. The minimum absolute atomic E-state index is 0.0630. The number of aryl methyl sites for hydroxylation is 1. The molecule has 0 saturated carbocycles. The Morgan fingerprint density at radius 3 is 2.89 bits per heavy atom. The third kappa shape index (κ3) is 3.54. The van der Waals surface area contributed by atoms with Gasteiger partial charge in [0.25, 0.3) is 0 Å². The molecule has 0 radical (unpaired) electrons. The van der Waals surface area contributed by atoms with Crippen LogP contribution in [0.1, 0.15) is 31.9 Å². The number of hydrogen-bond acceptors (Lipinski definition) is 5. The van der Waals surface area contributed by atoms with Crippen LogP contribution in [0.2, 0.25) is 0 Å². The zero-order valence-corrected chi connectivity index (χ0v) is 12.4. The molecule has 1 saturated heterocycles. The highest BCUT2D eigenvalue weighted by Crippen LogP contribution is 2.23. The molecule has 0 amide bonds. The molecule has 0 spiro atoms. The van der Waals surface area contributed by atoms with Gasteiger partial charge in [-0.25, -0.2) is 8.42 Å². The molecule has 0 bridgehead atoms. The van der Waals surface area contributed by atoms with E-state index in [1.807, 2.05) is 20.2 Å². The van der Waals surface area contributed by atoms with E-state index in [1.54, 1.807) is 4.68 Å². The van der Waals surface area contributed by atoms with Crippen LogP contribution in [-0.4, -0.2) is 47.0 Å². The van der Waals surface area contributed by atoms with E-state index >= 15 is 0 Å². The average molecular weight is 286 g/mol. The zero-order valence-electron chi connectivity index (χ0n) is 11.5. The van der Waals surface area contributed by atoms with Gasteiger partial charge in [-0.2, -0.15) is 0 Å². The standard InChI is InChI=1S/C12H22N4O2S/c1-3-13-11(8-10-9-16(2)15-14-10)12-6-4-5-7-19(12,17)18/h9,11-13H,3-8H2,1-2H3. The van der Waals surface area contributed by atoms with Gasteiger partial charge in [0.05, 0.1) is 16.7 Å². The Balaban J connectivity index is 2.14. The lowest BCUT2D eigenvalue weighted by Crippen LogP contribution is -2.48. The highest BCUT2D eigenvalue weighted by atomic mass is 32.2. The van der Waals surface area contributed by atoms with Crippen LogP contribution < -0.4 is 5.32 Å². The van der Waals surface area contributed by atoms with Crippen LogP contribution in [-0.2, 0) is 23.3 Å². The minimum Gasteiger partial charge on any atom is -0.313 e. The van der Waals surface area contributed by atoms with Crippen LogP contribution in [0.25, 0.3) is 0 Å². The molecule has 2 rings (SSSR count). The molecule has 108 valence electrons. The molecule has 2 unspecified atom stereocenters. The number of nitrogens with zero attached hydrogens (tertiary/aromatic N) is 3. The molecule has 6 nitrogen and oxygen atoms in total. The summed E-state index contributed by atoms with van der Waals surface area (Å²) in [7, 11) is -1.16. The van der Waals surface area contributed by atoms with Gasteiger partial charge < -0.3 is 5.32 Å². The van der Waals surface area contributed by atoms with Crippen LogP contribution in [0, 0.1) is 0 Å². The molecule has 0 aliphatic carbocycles. The summed E-state index contributed by atoms with van der Waals surface area (Å²) in [5.41, 5.74) is 0.842. The maximum absolute atomic E-state index is 12.2. The van der Waals surface area contributed by atoms with Gasteiger partial charge in [0.2, 0.25) is 0 Å². The van der Waals surface area contributed by atoms with E-state index in [0.717, 1.165) is 31.5 Å². The molecule has 1 aromatic heterocycles. The second-order valence-electron chi connectivity index (χ2n) is 5.15. The molecule has 7 heteroatoms.